The normalized spacial score (nSPS) is 16.1. The molecule has 0 saturated carbocycles. The van der Waals surface area contributed by atoms with Crippen LogP contribution in [0, 0.1) is 11.6 Å². The zero-order chi connectivity index (χ0) is 15.7. The molecule has 0 bridgehead atoms. The van der Waals surface area contributed by atoms with Crippen molar-refractivity contribution in [3.05, 3.63) is 65.2 Å². The zero-order valence-electron chi connectivity index (χ0n) is 12.2. The summed E-state index contributed by atoms with van der Waals surface area (Å²) in [4.78, 5) is 0.765. The van der Waals surface area contributed by atoms with Gasteiger partial charge in [-0.05, 0) is 54.2 Å². The number of hydrogen-bond acceptors (Lipinski definition) is 1. The van der Waals surface area contributed by atoms with Gasteiger partial charge in [-0.2, -0.15) is 0 Å². The first-order chi connectivity index (χ1) is 10.6. The lowest BCUT2D eigenvalue weighted by Gasteiger charge is -2.10. The highest BCUT2D eigenvalue weighted by Gasteiger charge is 2.21. The summed E-state index contributed by atoms with van der Waals surface area (Å²) in [7, 11) is -1.02. The van der Waals surface area contributed by atoms with Crippen LogP contribution in [-0.4, -0.2) is 10.5 Å². The second kappa shape index (κ2) is 6.13. The first-order valence-corrected chi connectivity index (χ1v) is 8.74. The van der Waals surface area contributed by atoms with Gasteiger partial charge in [0.15, 0.2) is 11.6 Å². The molecule has 0 spiro atoms. The van der Waals surface area contributed by atoms with Crippen molar-refractivity contribution in [3.8, 4) is 0 Å². The van der Waals surface area contributed by atoms with Gasteiger partial charge in [0.05, 0.1) is 0 Å². The standard InChI is InChI=1S/C18H16F2OS/c1-22(21)13-10-8-12(9-11-13)14-4-2-5-15(14)16-6-3-7-17(19)18(16)20/h3,6-11H,2,4-5H2,1H3. The van der Waals surface area contributed by atoms with Gasteiger partial charge in [-0.15, -0.1) is 0 Å². The van der Waals surface area contributed by atoms with Gasteiger partial charge in [0.2, 0.25) is 0 Å². The highest BCUT2D eigenvalue weighted by atomic mass is 32.2. The van der Waals surface area contributed by atoms with E-state index in [4.69, 9.17) is 0 Å². The van der Waals surface area contributed by atoms with Crippen molar-refractivity contribution in [1.82, 2.24) is 0 Å². The Morgan fingerprint density at radius 2 is 1.64 bits per heavy atom. The molecule has 0 radical (unpaired) electrons. The van der Waals surface area contributed by atoms with Crippen LogP contribution < -0.4 is 0 Å². The van der Waals surface area contributed by atoms with Crippen molar-refractivity contribution < 1.29 is 13.0 Å². The molecule has 0 aliphatic heterocycles. The zero-order valence-corrected chi connectivity index (χ0v) is 13.1. The first-order valence-electron chi connectivity index (χ1n) is 7.18. The fourth-order valence-corrected chi connectivity index (χ4v) is 3.46. The van der Waals surface area contributed by atoms with E-state index in [9.17, 15) is 13.0 Å². The molecule has 3 rings (SSSR count). The van der Waals surface area contributed by atoms with Crippen LogP contribution in [0.15, 0.2) is 47.4 Å². The van der Waals surface area contributed by atoms with Crippen molar-refractivity contribution in [2.24, 2.45) is 0 Å². The molecule has 114 valence electrons. The topological polar surface area (TPSA) is 17.1 Å². The summed E-state index contributed by atoms with van der Waals surface area (Å²) in [5.41, 5.74) is 3.28. The number of allylic oxidation sites excluding steroid dienone is 2. The van der Waals surface area contributed by atoms with Crippen LogP contribution in [0.2, 0.25) is 0 Å². The molecule has 2 aromatic rings. The minimum Gasteiger partial charge on any atom is -0.255 e. The molecule has 4 heteroatoms. The van der Waals surface area contributed by atoms with Gasteiger partial charge in [0.25, 0.3) is 0 Å². The van der Waals surface area contributed by atoms with Gasteiger partial charge < -0.3 is 0 Å². The van der Waals surface area contributed by atoms with Crippen LogP contribution in [0.5, 0.6) is 0 Å². The molecule has 1 atom stereocenters. The van der Waals surface area contributed by atoms with Crippen molar-refractivity contribution in [3.63, 3.8) is 0 Å². The third kappa shape index (κ3) is 2.75. The fraction of sp³-hybridized carbons (Fsp3) is 0.222. The Morgan fingerprint density at radius 3 is 2.32 bits per heavy atom. The maximum atomic E-state index is 14.1. The summed E-state index contributed by atoms with van der Waals surface area (Å²) >= 11 is 0. The summed E-state index contributed by atoms with van der Waals surface area (Å²) in [6.45, 7) is 0. The quantitative estimate of drug-likeness (QED) is 0.794. The van der Waals surface area contributed by atoms with Crippen LogP contribution in [0.25, 0.3) is 11.1 Å². The minimum atomic E-state index is -1.02. The van der Waals surface area contributed by atoms with E-state index in [1.807, 2.05) is 24.3 Å². The smallest absolute Gasteiger partial charge is 0.166 e. The van der Waals surface area contributed by atoms with Gasteiger partial charge in [-0.3, -0.25) is 4.21 Å². The largest absolute Gasteiger partial charge is 0.255 e. The molecule has 0 fully saturated rings. The summed E-state index contributed by atoms with van der Waals surface area (Å²) in [5.74, 6) is -1.59. The van der Waals surface area contributed by atoms with E-state index in [1.54, 1.807) is 18.4 Å². The third-order valence-electron chi connectivity index (χ3n) is 4.03. The average molecular weight is 318 g/mol. The monoisotopic (exact) mass is 318 g/mol. The molecule has 0 saturated heterocycles. The van der Waals surface area contributed by atoms with Crippen LogP contribution in [0.3, 0.4) is 0 Å². The van der Waals surface area contributed by atoms with Crippen molar-refractivity contribution in [2.45, 2.75) is 24.2 Å². The van der Waals surface area contributed by atoms with Crippen LogP contribution >= 0.6 is 0 Å². The molecule has 1 nitrogen and oxygen atoms in total. The Labute approximate surface area is 131 Å². The Kier molecular flexibility index (Phi) is 4.21. The second-order valence-electron chi connectivity index (χ2n) is 5.39. The predicted molar refractivity (Wildman–Crippen MR) is 85.8 cm³/mol. The van der Waals surface area contributed by atoms with E-state index in [0.29, 0.717) is 5.56 Å². The van der Waals surface area contributed by atoms with E-state index >= 15 is 0 Å². The maximum Gasteiger partial charge on any atom is 0.166 e. The van der Waals surface area contributed by atoms with Gasteiger partial charge in [-0.1, -0.05) is 24.3 Å². The Bertz CT molecular complexity index is 763. The number of hydrogen-bond donors (Lipinski definition) is 0. The minimum absolute atomic E-state index is 0.357. The molecule has 0 heterocycles. The van der Waals surface area contributed by atoms with E-state index < -0.39 is 22.4 Å². The molecule has 0 aromatic heterocycles. The molecule has 1 aliphatic rings. The number of rotatable bonds is 3. The highest BCUT2D eigenvalue weighted by molar-refractivity contribution is 7.84. The van der Waals surface area contributed by atoms with E-state index in [0.717, 1.165) is 46.9 Å². The molecule has 1 unspecified atom stereocenters. The maximum absolute atomic E-state index is 14.1. The molecule has 0 amide bonds. The number of halogens is 2. The predicted octanol–water partition coefficient (Wildman–Crippen LogP) is 4.80. The summed E-state index contributed by atoms with van der Waals surface area (Å²) < 4.78 is 39.0. The third-order valence-corrected chi connectivity index (χ3v) is 4.97. The average Bonchev–Trinajstić information content (AvgIpc) is 2.99. The molecular weight excluding hydrogens is 302 g/mol. The van der Waals surface area contributed by atoms with Crippen LogP contribution in [-0.2, 0) is 10.8 Å². The van der Waals surface area contributed by atoms with Gasteiger partial charge >= 0.3 is 0 Å². The van der Waals surface area contributed by atoms with Crippen LogP contribution in [0.4, 0.5) is 8.78 Å². The SMILES string of the molecule is CS(=O)c1ccc(C2=C(c3cccc(F)c3F)CCC2)cc1. The lowest BCUT2D eigenvalue weighted by molar-refractivity contribution is 0.506. The van der Waals surface area contributed by atoms with Crippen molar-refractivity contribution in [1.29, 1.82) is 0 Å². The van der Waals surface area contributed by atoms with Gasteiger partial charge in [-0.25, -0.2) is 8.78 Å². The molecule has 22 heavy (non-hydrogen) atoms. The van der Waals surface area contributed by atoms with Crippen molar-refractivity contribution in [2.75, 3.05) is 6.26 Å². The molecule has 2 aromatic carbocycles. The fourth-order valence-electron chi connectivity index (χ4n) is 2.94. The molecular formula is C18H16F2OS. The van der Waals surface area contributed by atoms with Crippen molar-refractivity contribution >= 4 is 21.9 Å². The first kappa shape index (κ1) is 15.1. The van der Waals surface area contributed by atoms with E-state index in [1.165, 1.54) is 0 Å². The number of benzene rings is 2. The lowest BCUT2D eigenvalue weighted by atomic mass is 9.96. The van der Waals surface area contributed by atoms with E-state index in [-0.39, 0.29) is 0 Å². The second-order valence-corrected chi connectivity index (χ2v) is 6.77. The summed E-state index contributed by atoms with van der Waals surface area (Å²) in [6.07, 6.45) is 4.16. The van der Waals surface area contributed by atoms with Gasteiger partial charge in [0, 0.05) is 27.5 Å². The highest BCUT2D eigenvalue weighted by Crippen LogP contribution is 2.40. The Balaban J connectivity index is 2.07. The van der Waals surface area contributed by atoms with E-state index in [2.05, 4.69) is 0 Å². The summed E-state index contributed by atoms with van der Waals surface area (Å²) in [5, 5.41) is 0. The Morgan fingerprint density at radius 1 is 0.955 bits per heavy atom. The lowest BCUT2D eigenvalue weighted by Crippen LogP contribution is -1.94. The molecule has 0 N–H and O–H groups in total. The molecule has 1 aliphatic carbocycles. The Hall–Kier alpha value is -1.81. The van der Waals surface area contributed by atoms with Gasteiger partial charge in [0.1, 0.15) is 0 Å². The summed E-state index contributed by atoms with van der Waals surface area (Å²) in [6, 6.07) is 11.8. The van der Waals surface area contributed by atoms with Crippen LogP contribution in [0.1, 0.15) is 30.4 Å².